The van der Waals surface area contributed by atoms with E-state index >= 15 is 0 Å². The van der Waals surface area contributed by atoms with Gasteiger partial charge >= 0.3 is 0 Å². The van der Waals surface area contributed by atoms with Crippen molar-refractivity contribution in [3.05, 3.63) is 30.1 Å². The number of carbonyl (C=O) groups excluding carboxylic acids is 2. The van der Waals surface area contributed by atoms with Crippen molar-refractivity contribution in [2.75, 3.05) is 11.9 Å². The Labute approximate surface area is 144 Å². The van der Waals surface area contributed by atoms with Crippen molar-refractivity contribution in [3.8, 4) is 0 Å². The van der Waals surface area contributed by atoms with Gasteiger partial charge in [-0.05, 0) is 37.1 Å². The molecule has 2 fully saturated rings. The normalized spacial score (nSPS) is 27.6. The van der Waals surface area contributed by atoms with Crippen LogP contribution in [0.25, 0.3) is 0 Å². The second kappa shape index (κ2) is 6.34. The van der Waals surface area contributed by atoms with Gasteiger partial charge in [-0.2, -0.15) is 5.10 Å². The van der Waals surface area contributed by atoms with Gasteiger partial charge in [-0.3, -0.25) is 15.0 Å². The van der Waals surface area contributed by atoms with Gasteiger partial charge in [0, 0.05) is 5.69 Å². The lowest BCUT2D eigenvalue weighted by Gasteiger charge is -2.50. The van der Waals surface area contributed by atoms with E-state index in [9.17, 15) is 14.0 Å². The number of anilines is 1. The van der Waals surface area contributed by atoms with Crippen LogP contribution in [0, 0.1) is 5.82 Å². The Bertz CT molecular complexity index is 707. The van der Waals surface area contributed by atoms with E-state index in [1.165, 1.54) is 24.3 Å². The maximum Gasteiger partial charge on any atom is 0.268 e. The molecule has 3 atom stereocenters. The summed E-state index contributed by atoms with van der Waals surface area (Å²) in [5, 5.41) is 6.75. The summed E-state index contributed by atoms with van der Waals surface area (Å²) in [6.07, 6.45) is 5.21. The van der Waals surface area contributed by atoms with Crippen LogP contribution in [0.15, 0.2) is 29.4 Å². The van der Waals surface area contributed by atoms with Gasteiger partial charge in [-0.1, -0.05) is 12.8 Å². The second-order valence-corrected chi connectivity index (χ2v) is 6.66. The Morgan fingerprint density at radius 1 is 1.24 bits per heavy atom. The third-order valence-corrected chi connectivity index (χ3v) is 5.12. The number of rotatable bonds is 3. The minimum atomic E-state index is -0.516. The zero-order chi connectivity index (χ0) is 17.4. The zero-order valence-electron chi connectivity index (χ0n) is 13.7. The molecule has 2 aliphatic heterocycles. The highest BCUT2D eigenvalue weighted by atomic mass is 19.1. The van der Waals surface area contributed by atoms with Crippen LogP contribution >= 0.6 is 0 Å². The fourth-order valence-corrected chi connectivity index (χ4v) is 3.97. The van der Waals surface area contributed by atoms with Gasteiger partial charge in [-0.15, -0.1) is 0 Å². The number of amides is 2. The Morgan fingerprint density at radius 2 is 1.96 bits per heavy atom. The first-order valence-electron chi connectivity index (χ1n) is 8.55. The smallest absolute Gasteiger partial charge is 0.268 e. The summed E-state index contributed by atoms with van der Waals surface area (Å²) in [4.78, 5) is 28.9. The predicted octanol–water partition coefficient (Wildman–Crippen LogP) is 1.09. The summed E-state index contributed by atoms with van der Waals surface area (Å²) in [7, 11) is 0. The number of hydrazone groups is 1. The average molecular weight is 345 g/mol. The third-order valence-electron chi connectivity index (χ3n) is 5.12. The fraction of sp³-hybridized carbons (Fsp3) is 0.471. The van der Waals surface area contributed by atoms with Crippen LogP contribution in [0.3, 0.4) is 0 Å². The van der Waals surface area contributed by atoms with Gasteiger partial charge in [0.25, 0.3) is 5.91 Å². The Hall–Kier alpha value is -2.64. The molecule has 0 spiro atoms. The molecule has 1 aromatic carbocycles. The van der Waals surface area contributed by atoms with E-state index < -0.39 is 6.17 Å². The lowest BCUT2D eigenvalue weighted by molar-refractivity contribution is -0.151. The molecule has 0 aromatic heterocycles. The van der Waals surface area contributed by atoms with Crippen LogP contribution in [-0.2, 0) is 9.59 Å². The highest BCUT2D eigenvalue weighted by molar-refractivity contribution is 5.96. The van der Waals surface area contributed by atoms with Gasteiger partial charge in [-0.25, -0.2) is 4.39 Å². The van der Waals surface area contributed by atoms with Crippen LogP contribution in [0.5, 0.6) is 0 Å². The highest BCUT2D eigenvalue weighted by Gasteiger charge is 2.48. The highest BCUT2D eigenvalue weighted by Crippen LogP contribution is 2.33. The first kappa shape index (κ1) is 15.9. The Morgan fingerprint density at radius 3 is 2.72 bits per heavy atom. The Balaban J connectivity index is 1.49. The van der Waals surface area contributed by atoms with E-state index in [0.717, 1.165) is 25.7 Å². The van der Waals surface area contributed by atoms with Crippen molar-refractivity contribution in [1.29, 1.82) is 0 Å². The number of hydrogen-bond donors (Lipinski definition) is 2. The molecule has 3 aliphatic rings. The van der Waals surface area contributed by atoms with Crippen LogP contribution in [-0.4, -0.2) is 52.7 Å². The number of nitrogens with zero attached hydrogens (tertiary/aromatic N) is 3. The minimum Gasteiger partial charge on any atom is -0.327 e. The van der Waals surface area contributed by atoms with Gasteiger partial charge in [0.05, 0.1) is 12.1 Å². The molecule has 8 heteroatoms. The maximum atomic E-state index is 13.0. The quantitative estimate of drug-likeness (QED) is 0.860. The molecule has 7 nitrogen and oxygen atoms in total. The SMILES string of the molecule is O=C(CN1C(=O)C2NN=CN2C2CCCCC21)Nc1ccc(F)cc1. The molecule has 0 radical (unpaired) electrons. The van der Waals surface area contributed by atoms with E-state index in [1.807, 2.05) is 4.90 Å². The van der Waals surface area contributed by atoms with Crippen molar-refractivity contribution in [2.24, 2.45) is 5.10 Å². The minimum absolute atomic E-state index is 0.0105. The third kappa shape index (κ3) is 2.92. The number of carbonyl (C=O) groups is 2. The number of halogens is 1. The van der Waals surface area contributed by atoms with Crippen molar-refractivity contribution < 1.29 is 14.0 Å². The molecule has 2 amide bonds. The van der Waals surface area contributed by atoms with Crippen molar-refractivity contribution in [3.63, 3.8) is 0 Å². The molecular formula is C17H20FN5O2. The van der Waals surface area contributed by atoms with Gasteiger partial charge in [0.2, 0.25) is 5.91 Å². The Kier molecular flexibility index (Phi) is 4.03. The van der Waals surface area contributed by atoms with Crippen molar-refractivity contribution >= 4 is 23.8 Å². The van der Waals surface area contributed by atoms with Crippen molar-refractivity contribution in [1.82, 2.24) is 15.2 Å². The van der Waals surface area contributed by atoms with E-state index in [4.69, 9.17) is 0 Å². The second-order valence-electron chi connectivity index (χ2n) is 6.66. The lowest BCUT2D eigenvalue weighted by atomic mass is 9.85. The van der Waals surface area contributed by atoms with Gasteiger partial charge in [0.1, 0.15) is 18.7 Å². The van der Waals surface area contributed by atoms with Gasteiger partial charge < -0.3 is 15.1 Å². The summed E-state index contributed by atoms with van der Waals surface area (Å²) >= 11 is 0. The average Bonchev–Trinajstić information content (AvgIpc) is 3.11. The number of nitrogens with one attached hydrogen (secondary N) is 2. The molecule has 1 aliphatic carbocycles. The van der Waals surface area contributed by atoms with Crippen LogP contribution in [0.4, 0.5) is 10.1 Å². The van der Waals surface area contributed by atoms with Gasteiger partial charge in [0.15, 0.2) is 6.17 Å². The zero-order valence-corrected chi connectivity index (χ0v) is 13.7. The summed E-state index contributed by atoms with van der Waals surface area (Å²) < 4.78 is 13.0. The number of benzene rings is 1. The first-order valence-corrected chi connectivity index (χ1v) is 8.55. The molecular weight excluding hydrogens is 325 g/mol. The summed E-state index contributed by atoms with van der Waals surface area (Å²) in [6.45, 7) is -0.0105. The molecule has 0 bridgehead atoms. The molecule has 4 rings (SSSR count). The molecule has 2 N–H and O–H groups in total. The topological polar surface area (TPSA) is 77.0 Å². The van der Waals surface area contributed by atoms with E-state index in [2.05, 4.69) is 15.8 Å². The molecule has 2 heterocycles. The monoisotopic (exact) mass is 345 g/mol. The van der Waals surface area contributed by atoms with Crippen LogP contribution in [0.1, 0.15) is 25.7 Å². The summed E-state index contributed by atoms with van der Waals surface area (Å²) in [5.41, 5.74) is 3.35. The molecule has 1 saturated carbocycles. The van der Waals surface area contributed by atoms with Crippen LogP contribution in [0.2, 0.25) is 0 Å². The number of hydrogen-bond acceptors (Lipinski definition) is 5. The predicted molar refractivity (Wildman–Crippen MR) is 90.0 cm³/mol. The molecule has 1 saturated heterocycles. The molecule has 3 unspecified atom stereocenters. The van der Waals surface area contributed by atoms with Crippen molar-refractivity contribution in [2.45, 2.75) is 43.9 Å². The molecule has 132 valence electrons. The lowest BCUT2D eigenvalue weighted by Crippen LogP contribution is -2.68. The van der Waals surface area contributed by atoms with E-state index in [-0.39, 0.29) is 36.3 Å². The molecule has 1 aromatic rings. The number of fused-ring (bicyclic) bond motifs is 3. The first-order chi connectivity index (χ1) is 12.1. The van der Waals surface area contributed by atoms with Crippen LogP contribution < -0.4 is 10.7 Å². The fourth-order valence-electron chi connectivity index (χ4n) is 3.97. The van der Waals surface area contributed by atoms with E-state index in [0.29, 0.717) is 5.69 Å². The summed E-state index contributed by atoms with van der Waals surface area (Å²) in [6, 6.07) is 5.79. The standard InChI is InChI=1S/C17H20FN5O2/c18-11-5-7-12(8-6-11)20-15(24)9-22-13-3-1-2-4-14(13)23-10-19-21-16(23)17(22)25/h5-8,10,13-14,16,21H,1-4,9H2,(H,20,24). The largest absolute Gasteiger partial charge is 0.327 e. The summed E-state index contributed by atoms with van der Waals surface area (Å²) in [5.74, 6) is -0.770. The molecule has 25 heavy (non-hydrogen) atoms. The maximum absolute atomic E-state index is 13.0. The van der Waals surface area contributed by atoms with E-state index in [1.54, 1.807) is 11.2 Å². The number of piperazine rings is 1.